The predicted molar refractivity (Wildman–Crippen MR) is 64.3 cm³/mol. The van der Waals surface area contributed by atoms with Crippen molar-refractivity contribution in [1.29, 1.82) is 0 Å². The van der Waals surface area contributed by atoms with Crippen LogP contribution in [0.25, 0.3) is 0 Å². The molecule has 1 saturated heterocycles. The normalized spacial score (nSPS) is 38.8. The molecule has 0 aromatic carbocycles. The van der Waals surface area contributed by atoms with Crippen molar-refractivity contribution in [2.75, 3.05) is 13.2 Å². The molecule has 0 amide bonds. The van der Waals surface area contributed by atoms with Gasteiger partial charge in [0.25, 0.3) is 0 Å². The third-order valence-corrected chi connectivity index (χ3v) is 4.13. The summed E-state index contributed by atoms with van der Waals surface area (Å²) >= 11 is 0. The maximum absolute atomic E-state index is 6.28. The molecule has 1 aliphatic heterocycles. The lowest BCUT2D eigenvalue weighted by atomic mass is 9.72. The summed E-state index contributed by atoms with van der Waals surface area (Å²) in [7, 11) is 0. The molecule has 2 rings (SSSR count). The quantitative estimate of drug-likeness (QED) is 0.803. The highest BCUT2D eigenvalue weighted by molar-refractivity contribution is 4.92. The van der Waals surface area contributed by atoms with Gasteiger partial charge in [-0.25, -0.2) is 0 Å². The lowest BCUT2D eigenvalue weighted by molar-refractivity contribution is -0.0620. The molecule has 0 aromatic heterocycles. The minimum atomic E-state index is 0.169. The summed E-state index contributed by atoms with van der Waals surface area (Å²) in [6, 6.07) is 0.169. The molecular formula is C13H25NO2. The van der Waals surface area contributed by atoms with Gasteiger partial charge in [-0.1, -0.05) is 20.3 Å². The fourth-order valence-electron chi connectivity index (χ4n) is 2.80. The number of ether oxygens (including phenoxy) is 2. The number of rotatable bonds is 3. The Labute approximate surface area is 98.7 Å². The SMILES string of the molecule is CC1(C)CCCC(OCC2CCCO2)C1N. The van der Waals surface area contributed by atoms with E-state index in [1.54, 1.807) is 0 Å². The number of nitrogens with two attached hydrogens (primary N) is 1. The van der Waals surface area contributed by atoms with Crippen LogP contribution in [0.5, 0.6) is 0 Å². The Bertz CT molecular complexity index is 224. The van der Waals surface area contributed by atoms with Crippen LogP contribution in [0.4, 0.5) is 0 Å². The summed E-state index contributed by atoms with van der Waals surface area (Å²) in [5.41, 5.74) is 6.50. The summed E-state index contributed by atoms with van der Waals surface area (Å²) in [5.74, 6) is 0. The molecule has 16 heavy (non-hydrogen) atoms. The van der Waals surface area contributed by atoms with E-state index in [4.69, 9.17) is 15.2 Å². The molecule has 0 bridgehead atoms. The molecule has 1 aliphatic carbocycles. The topological polar surface area (TPSA) is 44.5 Å². The molecule has 0 spiro atoms. The minimum Gasteiger partial charge on any atom is -0.376 e. The molecule has 2 aliphatic rings. The number of hydrogen-bond donors (Lipinski definition) is 1. The second-order valence-electron chi connectivity index (χ2n) is 5.91. The van der Waals surface area contributed by atoms with Crippen molar-refractivity contribution < 1.29 is 9.47 Å². The average molecular weight is 227 g/mol. The van der Waals surface area contributed by atoms with Crippen LogP contribution in [0.3, 0.4) is 0 Å². The van der Waals surface area contributed by atoms with Gasteiger partial charge in [0, 0.05) is 12.6 Å². The van der Waals surface area contributed by atoms with E-state index in [0.29, 0.717) is 6.10 Å². The molecule has 1 heterocycles. The monoisotopic (exact) mass is 227 g/mol. The van der Waals surface area contributed by atoms with E-state index >= 15 is 0 Å². The minimum absolute atomic E-state index is 0.169. The van der Waals surface area contributed by atoms with Gasteiger partial charge in [0.2, 0.25) is 0 Å². The predicted octanol–water partition coefficient (Wildman–Crippen LogP) is 2.09. The van der Waals surface area contributed by atoms with E-state index in [2.05, 4.69) is 13.8 Å². The van der Waals surface area contributed by atoms with E-state index in [9.17, 15) is 0 Å². The van der Waals surface area contributed by atoms with Crippen LogP contribution in [-0.4, -0.2) is 31.5 Å². The third-order valence-electron chi connectivity index (χ3n) is 4.13. The maximum atomic E-state index is 6.28. The van der Waals surface area contributed by atoms with Gasteiger partial charge < -0.3 is 15.2 Å². The standard InChI is InChI=1S/C13H25NO2/c1-13(2)7-3-6-11(12(13)14)16-9-10-5-4-8-15-10/h10-12H,3-9,14H2,1-2H3. The largest absolute Gasteiger partial charge is 0.376 e. The lowest BCUT2D eigenvalue weighted by Gasteiger charge is -2.41. The van der Waals surface area contributed by atoms with E-state index in [0.717, 1.165) is 26.1 Å². The van der Waals surface area contributed by atoms with Gasteiger partial charge in [0.1, 0.15) is 0 Å². The Kier molecular flexibility index (Phi) is 3.88. The van der Waals surface area contributed by atoms with Crippen LogP contribution >= 0.6 is 0 Å². The first kappa shape index (κ1) is 12.3. The molecule has 3 atom stereocenters. The average Bonchev–Trinajstić information content (AvgIpc) is 2.73. The van der Waals surface area contributed by atoms with E-state index in [1.807, 2.05) is 0 Å². The Balaban J connectivity index is 1.79. The maximum Gasteiger partial charge on any atom is 0.0809 e. The summed E-state index contributed by atoms with van der Waals surface area (Å²) in [6.07, 6.45) is 6.43. The van der Waals surface area contributed by atoms with E-state index in [-0.39, 0.29) is 17.6 Å². The molecular weight excluding hydrogens is 202 g/mol. The van der Waals surface area contributed by atoms with Gasteiger partial charge >= 0.3 is 0 Å². The van der Waals surface area contributed by atoms with Gasteiger partial charge in [-0.3, -0.25) is 0 Å². The Morgan fingerprint density at radius 1 is 1.31 bits per heavy atom. The fourth-order valence-corrected chi connectivity index (χ4v) is 2.80. The molecule has 3 heteroatoms. The number of hydrogen-bond acceptors (Lipinski definition) is 3. The first-order valence-electron chi connectivity index (χ1n) is 6.58. The van der Waals surface area contributed by atoms with Gasteiger partial charge in [-0.05, 0) is 31.1 Å². The molecule has 1 saturated carbocycles. The summed E-state index contributed by atoms with van der Waals surface area (Å²) in [4.78, 5) is 0. The highest BCUT2D eigenvalue weighted by atomic mass is 16.5. The summed E-state index contributed by atoms with van der Waals surface area (Å²) in [5, 5.41) is 0. The molecule has 0 aromatic rings. The van der Waals surface area contributed by atoms with Crippen LogP contribution in [-0.2, 0) is 9.47 Å². The zero-order valence-corrected chi connectivity index (χ0v) is 10.6. The van der Waals surface area contributed by atoms with E-state index in [1.165, 1.54) is 19.3 Å². The highest BCUT2D eigenvalue weighted by Crippen LogP contribution is 2.35. The van der Waals surface area contributed by atoms with Crippen LogP contribution < -0.4 is 5.73 Å². The second kappa shape index (κ2) is 5.03. The zero-order chi connectivity index (χ0) is 11.6. The van der Waals surface area contributed by atoms with Crippen molar-refractivity contribution in [2.45, 2.75) is 64.2 Å². The van der Waals surface area contributed by atoms with Gasteiger partial charge in [0.15, 0.2) is 0 Å². The first-order chi connectivity index (χ1) is 7.59. The summed E-state index contributed by atoms with van der Waals surface area (Å²) < 4.78 is 11.5. The van der Waals surface area contributed by atoms with Crippen molar-refractivity contribution in [2.24, 2.45) is 11.1 Å². The van der Waals surface area contributed by atoms with Crippen LogP contribution in [0.1, 0.15) is 46.0 Å². The molecule has 2 fully saturated rings. The van der Waals surface area contributed by atoms with Crippen LogP contribution in [0, 0.1) is 5.41 Å². The highest BCUT2D eigenvalue weighted by Gasteiger charge is 2.37. The molecule has 3 nitrogen and oxygen atoms in total. The summed E-state index contributed by atoms with van der Waals surface area (Å²) in [6.45, 7) is 6.13. The van der Waals surface area contributed by atoms with Crippen LogP contribution in [0.2, 0.25) is 0 Å². The van der Waals surface area contributed by atoms with Crippen molar-refractivity contribution in [3.63, 3.8) is 0 Å². The third kappa shape index (κ3) is 2.76. The van der Waals surface area contributed by atoms with Gasteiger partial charge in [-0.15, -0.1) is 0 Å². The Hall–Kier alpha value is -0.120. The van der Waals surface area contributed by atoms with Crippen molar-refractivity contribution in [3.8, 4) is 0 Å². The lowest BCUT2D eigenvalue weighted by Crippen LogP contribution is -2.51. The smallest absolute Gasteiger partial charge is 0.0809 e. The van der Waals surface area contributed by atoms with Crippen molar-refractivity contribution >= 4 is 0 Å². The Morgan fingerprint density at radius 3 is 2.81 bits per heavy atom. The second-order valence-corrected chi connectivity index (χ2v) is 5.91. The fraction of sp³-hybridized carbons (Fsp3) is 1.00. The molecule has 2 N–H and O–H groups in total. The first-order valence-corrected chi connectivity index (χ1v) is 6.58. The molecule has 0 radical (unpaired) electrons. The van der Waals surface area contributed by atoms with Gasteiger partial charge in [-0.2, -0.15) is 0 Å². The molecule has 3 unspecified atom stereocenters. The van der Waals surface area contributed by atoms with Crippen LogP contribution in [0.15, 0.2) is 0 Å². The zero-order valence-electron chi connectivity index (χ0n) is 10.6. The van der Waals surface area contributed by atoms with Crippen molar-refractivity contribution in [1.82, 2.24) is 0 Å². The van der Waals surface area contributed by atoms with E-state index < -0.39 is 0 Å². The Morgan fingerprint density at radius 2 is 2.12 bits per heavy atom. The van der Waals surface area contributed by atoms with Gasteiger partial charge in [0.05, 0.1) is 18.8 Å². The molecule has 94 valence electrons. The van der Waals surface area contributed by atoms with Crippen molar-refractivity contribution in [3.05, 3.63) is 0 Å².